The van der Waals surface area contributed by atoms with Gasteiger partial charge in [-0.1, -0.05) is 24.3 Å². The van der Waals surface area contributed by atoms with Crippen LogP contribution in [-0.4, -0.2) is 18.6 Å². The van der Waals surface area contributed by atoms with Crippen LogP contribution in [-0.2, 0) is 6.54 Å². The Bertz CT molecular complexity index is 274. The zero-order chi connectivity index (χ0) is 11.1. The van der Waals surface area contributed by atoms with E-state index in [1.165, 1.54) is 12.1 Å². The molecule has 0 amide bonds. The Morgan fingerprint density at radius 2 is 1.93 bits per heavy atom. The first-order chi connectivity index (χ1) is 7.24. The van der Waals surface area contributed by atoms with Gasteiger partial charge in [0.05, 0.1) is 0 Å². The largest absolute Gasteiger partial charge is 0.312 e. The molecule has 0 spiro atoms. The molecule has 1 N–H and O–H groups in total. The van der Waals surface area contributed by atoms with Crippen LogP contribution >= 0.6 is 11.8 Å². The number of halogens is 2. The number of thioether (sulfide) groups is 1. The Hall–Kier alpha value is -0.610. The molecule has 1 aromatic rings. The van der Waals surface area contributed by atoms with Crippen LogP contribution in [0, 0.1) is 0 Å². The molecule has 0 aliphatic rings. The summed E-state index contributed by atoms with van der Waals surface area (Å²) in [6.07, 6.45) is -0.317. The maximum atomic E-state index is 12.2. The molecule has 0 aliphatic heterocycles. The highest BCUT2D eigenvalue weighted by Gasteiger charge is 2.05. The molecule has 1 nitrogen and oxygen atoms in total. The number of rotatable bonds is 6. The summed E-state index contributed by atoms with van der Waals surface area (Å²) in [5.74, 6) is 1.06. The van der Waals surface area contributed by atoms with Crippen molar-refractivity contribution in [3.8, 4) is 0 Å². The molecule has 4 heteroatoms. The molecule has 15 heavy (non-hydrogen) atoms. The average Bonchev–Trinajstić information content (AvgIpc) is 2.25. The lowest BCUT2D eigenvalue weighted by atomic mass is 10.1. The maximum absolute atomic E-state index is 12.2. The lowest BCUT2D eigenvalue weighted by molar-refractivity contribution is 0.151. The molecule has 0 atom stereocenters. The van der Waals surface area contributed by atoms with Crippen LogP contribution in [0.5, 0.6) is 0 Å². The highest BCUT2D eigenvalue weighted by atomic mass is 32.2. The van der Waals surface area contributed by atoms with Crippen molar-refractivity contribution in [2.75, 3.05) is 18.6 Å². The van der Waals surface area contributed by atoms with Crippen molar-refractivity contribution >= 4 is 11.8 Å². The van der Waals surface area contributed by atoms with Crippen LogP contribution in [0.1, 0.15) is 17.6 Å². The zero-order valence-electron chi connectivity index (χ0n) is 8.67. The monoisotopic (exact) mass is 231 g/mol. The standard InChI is InChI=1S/C11H15F2NS/c1-15-7-6-14-8-9-2-4-10(5-3-9)11(12)13/h2-5,11,14H,6-8H2,1H3. The molecule has 1 rings (SSSR count). The predicted octanol–water partition coefficient (Wildman–Crippen LogP) is 3.08. The van der Waals surface area contributed by atoms with Crippen molar-refractivity contribution in [1.82, 2.24) is 5.32 Å². The van der Waals surface area contributed by atoms with Gasteiger partial charge in [0.15, 0.2) is 0 Å². The van der Waals surface area contributed by atoms with E-state index in [0.717, 1.165) is 24.4 Å². The Morgan fingerprint density at radius 3 is 2.47 bits per heavy atom. The summed E-state index contributed by atoms with van der Waals surface area (Å²) in [4.78, 5) is 0. The van der Waals surface area contributed by atoms with Gasteiger partial charge in [0.25, 0.3) is 6.43 Å². The van der Waals surface area contributed by atoms with E-state index in [2.05, 4.69) is 11.6 Å². The first kappa shape index (κ1) is 12.5. The van der Waals surface area contributed by atoms with Crippen LogP contribution in [0.2, 0.25) is 0 Å². The molecular formula is C11H15F2NS. The van der Waals surface area contributed by atoms with Crippen LogP contribution in [0.4, 0.5) is 8.78 Å². The van der Waals surface area contributed by atoms with Crippen molar-refractivity contribution in [1.29, 1.82) is 0 Å². The average molecular weight is 231 g/mol. The summed E-state index contributed by atoms with van der Waals surface area (Å²) in [5.41, 5.74) is 1.13. The van der Waals surface area contributed by atoms with Crippen molar-refractivity contribution in [2.45, 2.75) is 13.0 Å². The van der Waals surface area contributed by atoms with Gasteiger partial charge in [0.1, 0.15) is 0 Å². The SMILES string of the molecule is CSCCNCc1ccc(C(F)F)cc1. The number of nitrogens with one attached hydrogen (secondary N) is 1. The first-order valence-corrected chi connectivity index (χ1v) is 6.20. The summed E-state index contributed by atoms with van der Waals surface area (Å²) in [6.45, 7) is 1.68. The molecule has 0 bridgehead atoms. The summed E-state index contributed by atoms with van der Waals surface area (Å²) in [7, 11) is 0. The van der Waals surface area contributed by atoms with E-state index in [-0.39, 0.29) is 5.56 Å². The van der Waals surface area contributed by atoms with Gasteiger partial charge >= 0.3 is 0 Å². The van der Waals surface area contributed by atoms with Gasteiger partial charge in [0.2, 0.25) is 0 Å². The molecule has 0 aliphatic carbocycles. The van der Waals surface area contributed by atoms with E-state index in [0.29, 0.717) is 0 Å². The fraction of sp³-hybridized carbons (Fsp3) is 0.455. The van der Waals surface area contributed by atoms with Gasteiger partial charge in [0, 0.05) is 24.4 Å². The highest BCUT2D eigenvalue weighted by molar-refractivity contribution is 7.98. The minimum Gasteiger partial charge on any atom is -0.312 e. The molecule has 0 saturated carbocycles. The topological polar surface area (TPSA) is 12.0 Å². The molecule has 0 radical (unpaired) electrons. The minimum atomic E-state index is -2.37. The van der Waals surface area contributed by atoms with E-state index in [1.807, 2.05) is 0 Å². The van der Waals surface area contributed by atoms with E-state index in [4.69, 9.17) is 0 Å². The second-order valence-corrected chi connectivity index (χ2v) is 4.20. The Labute approximate surface area is 93.3 Å². The summed E-state index contributed by atoms with van der Waals surface area (Å²) < 4.78 is 24.5. The predicted molar refractivity (Wildman–Crippen MR) is 61.5 cm³/mol. The molecule has 84 valence electrons. The lowest BCUT2D eigenvalue weighted by Gasteiger charge is -2.05. The van der Waals surface area contributed by atoms with Crippen LogP contribution in [0.3, 0.4) is 0 Å². The van der Waals surface area contributed by atoms with E-state index in [1.54, 1.807) is 23.9 Å². The third-order valence-electron chi connectivity index (χ3n) is 2.04. The third-order valence-corrected chi connectivity index (χ3v) is 2.66. The van der Waals surface area contributed by atoms with Crippen LogP contribution in [0.25, 0.3) is 0 Å². The molecule has 0 fully saturated rings. The number of benzene rings is 1. The third kappa shape index (κ3) is 4.62. The summed E-state index contributed by atoms with van der Waals surface area (Å²) in [5, 5.41) is 3.24. The minimum absolute atomic E-state index is 0.0860. The van der Waals surface area contributed by atoms with Crippen molar-refractivity contribution in [3.63, 3.8) is 0 Å². The highest BCUT2D eigenvalue weighted by Crippen LogP contribution is 2.18. The first-order valence-electron chi connectivity index (χ1n) is 4.80. The second kappa shape index (κ2) is 6.80. The smallest absolute Gasteiger partial charge is 0.263 e. The fourth-order valence-corrected chi connectivity index (χ4v) is 1.54. The molecule has 0 heterocycles. The summed E-state index contributed by atoms with van der Waals surface area (Å²) >= 11 is 1.78. The van der Waals surface area contributed by atoms with Gasteiger partial charge in [-0.15, -0.1) is 0 Å². The number of hydrogen-bond acceptors (Lipinski definition) is 2. The lowest BCUT2D eigenvalue weighted by Crippen LogP contribution is -2.16. The second-order valence-electron chi connectivity index (χ2n) is 3.21. The van der Waals surface area contributed by atoms with Gasteiger partial charge in [-0.25, -0.2) is 8.78 Å². The fourth-order valence-electron chi connectivity index (χ4n) is 1.19. The molecular weight excluding hydrogens is 216 g/mol. The van der Waals surface area contributed by atoms with Gasteiger partial charge in [-0.05, 0) is 11.8 Å². The zero-order valence-corrected chi connectivity index (χ0v) is 9.49. The van der Waals surface area contributed by atoms with E-state index >= 15 is 0 Å². The van der Waals surface area contributed by atoms with Crippen molar-refractivity contribution in [2.24, 2.45) is 0 Å². The quantitative estimate of drug-likeness (QED) is 0.755. The normalized spacial score (nSPS) is 10.9. The molecule has 0 saturated heterocycles. The number of alkyl halides is 2. The van der Waals surface area contributed by atoms with E-state index in [9.17, 15) is 8.78 Å². The molecule has 1 aromatic carbocycles. The Kier molecular flexibility index (Phi) is 5.65. The number of hydrogen-bond donors (Lipinski definition) is 1. The van der Waals surface area contributed by atoms with Crippen molar-refractivity contribution < 1.29 is 8.78 Å². The molecule has 0 unspecified atom stereocenters. The van der Waals surface area contributed by atoms with Crippen LogP contribution in [0.15, 0.2) is 24.3 Å². The summed E-state index contributed by atoms with van der Waals surface area (Å²) in [6, 6.07) is 6.45. The Morgan fingerprint density at radius 1 is 1.27 bits per heavy atom. The molecule has 0 aromatic heterocycles. The maximum Gasteiger partial charge on any atom is 0.263 e. The van der Waals surface area contributed by atoms with Crippen LogP contribution < -0.4 is 5.32 Å². The Balaban J connectivity index is 2.36. The van der Waals surface area contributed by atoms with E-state index < -0.39 is 6.43 Å². The van der Waals surface area contributed by atoms with Gasteiger partial charge in [-0.2, -0.15) is 11.8 Å². The van der Waals surface area contributed by atoms with Gasteiger partial charge < -0.3 is 5.32 Å². The van der Waals surface area contributed by atoms with Crippen molar-refractivity contribution in [3.05, 3.63) is 35.4 Å². The van der Waals surface area contributed by atoms with Gasteiger partial charge in [-0.3, -0.25) is 0 Å².